The molecule has 4 heterocycles. The minimum atomic E-state index is -0.467. The van der Waals surface area contributed by atoms with Crippen molar-refractivity contribution in [2.75, 3.05) is 20.2 Å². The third-order valence-corrected chi connectivity index (χ3v) is 7.03. The van der Waals surface area contributed by atoms with E-state index in [4.69, 9.17) is 14.5 Å². The number of hydrogen-bond donors (Lipinski definition) is 1. The summed E-state index contributed by atoms with van der Waals surface area (Å²) in [5.74, 6) is 1.22. The lowest BCUT2D eigenvalue weighted by atomic mass is 10.1. The molecule has 1 saturated heterocycles. The average Bonchev–Trinajstić information content (AvgIpc) is 3.43. The molecule has 1 unspecified atom stereocenters. The fraction of sp³-hybridized carbons (Fsp3) is 0.448. The molecule has 3 aromatic heterocycles. The molecule has 10 nitrogen and oxygen atoms in total. The zero-order valence-corrected chi connectivity index (χ0v) is 23.4. The predicted molar refractivity (Wildman–Crippen MR) is 149 cm³/mol. The third kappa shape index (κ3) is 5.15. The predicted octanol–water partition coefficient (Wildman–Crippen LogP) is 4.59. The van der Waals surface area contributed by atoms with Gasteiger partial charge in [-0.15, -0.1) is 0 Å². The summed E-state index contributed by atoms with van der Waals surface area (Å²) in [5.41, 5.74) is 4.64. The van der Waals surface area contributed by atoms with Crippen molar-refractivity contribution in [2.24, 2.45) is 7.05 Å². The van der Waals surface area contributed by atoms with E-state index in [1.54, 1.807) is 24.3 Å². The largest absolute Gasteiger partial charge is 0.494 e. The van der Waals surface area contributed by atoms with Crippen molar-refractivity contribution >= 4 is 28.6 Å². The maximum absolute atomic E-state index is 13.6. The zero-order chi connectivity index (χ0) is 27.9. The number of benzene rings is 1. The Morgan fingerprint density at radius 1 is 1.21 bits per heavy atom. The number of nitrogens with one attached hydrogen (secondary N) is 1. The number of rotatable bonds is 5. The second kappa shape index (κ2) is 10.2. The van der Waals surface area contributed by atoms with E-state index in [0.717, 1.165) is 41.0 Å². The van der Waals surface area contributed by atoms with Gasteiger partial charge in [0.25, 0.3) is 5.91 Å². The number of likely N-dealkylation sites (tertiary alicyclic amines) is 1. The van der Waals surface area contributed by atoms with Crippen molar-refractivity contribution < 1.29 is 19.1 Å². The van der Waals surface area contributed by atoms with Crippen LogP contribution in [0, 0.1) is 0 Å². The van der Waals surface area contributed by atoms with E-state index in [0.29, 0.717) is 36.3 Å². The van der Waals surface area contributed by atoms with Crippen molar-refractivity contribution in [2.45, 2.75) is 58.6 Å². The normalized spacial score (nSPS) is 16.1. The van der Waals surface area contributed by atoms with Crippen LogP contribution in [0.5, 0.6) is 5.75 Å². The molecule has 4 aromatic rings. The number of carbonyl (C=O) groups is 2. The molecular formula is C29H36N6O4. The van der Waals surface area contributed by atoms with Gasteiger partial charge in [0.2, 0.25) is 0 Å². The molecule has 0 radical (unpaired) electrons. The number of aromatic nitrogens is 4. The molecule has 39 heavy (non-hydrogen) atoms. The lowest BCUT2D eigenvalue weighted by molar-refractivity contribution is 0.0322. The number of piperidine rings is 1. The van der Waals surface area contributed by atoms with Gasteiger partial charge in [-0.05, 0) is 70.4 Å². The topological polar surface area (TPSA) is 103 Å². The standard InChI is InChI=1S/C29H36N6O4/c1-7-23-21(16-19-10-8-12-30-35(19)23)26-31-22-14-18(15-24(38-6)25(22)33(26)5)27(36)34-13-9-11-20(17-34)39-28(37)32-29(2,3)4/h8,10,12,14-16,20H,7,9,11,13,17H2,1-6H3,(H,32,37). The minimum Gasteiger partial charge on any atom is -0.494 e. The number of aryl methyl sites for hydroxylation is 2. The molecule has 1 atom stereocenters. The van der Waals surface area contributed by atoms with Gasteiger partial charge in [0.1, 0.15) is 23.2 Å². The van der Waals surface area contributed by atoms with Crippen molar-refractivity contribution in [3.8, 4) is 17.1 Å². The van der Waals surface area contributed by atoms with Gasteiger partial charge in [-0.1, -0.05) is 6.92 Å². The van der Waals surface area contributed by atoms with E-state index >= 15 is 0 Å². The van der Waals surface area contributed by atoms with Crippen LogP contribution in [0.4, 0.5) is 4.79 Å². The van der Waals surface area contributed by atoms with E-state index in [1.165, 1.54) is 0 Å². The average molecular weight is 533 g/mol. The second-order valence-electron chi connectivity index (χ2n) is 11.1. The minimum absolute atomic E-state index is 0.139. The number of ether oxygens (including phenoxy) is 2. The number of amides is 2. The number of carbonyl (C=O) groups excluding carboxylic acids is 2. The Bertz CT molecular complexity index is 1550. The van der Waals surface area contributed by atoms with Crippen LogP contribution in [-0.2, 0) is 18.2 Å². The van der Waals surface area contributed by atoms with Crippen molar-refractivity contribution in [1.29, 1.82) is 0 Å². The maximum atomic E-state index is 13.6. The summed E-state index contributed by atoms with van der Waals surface area (Å²) >= 11 is 0. The lowest BCUT2D eigenvalue weighted by Crippen LogP contribution is -2.47. The Morgan fingerprint density at radius 3 is 2.72 bits per heavy atom. The number of alkyl carbamates (subject to hydrolysis) is 1. The first-order valence-corrected chi connectivity index (χ1v) is 13.4. The van der Waals surface area contributed by atoms with E-state index in [1.807, 2.05) is 55.1 Å². The molecule has 1 aliphatic heterocycles. The van der Waals surface area contributed by atoms with Gasteiger partial charge in [0.05, 0.1) is 30.4 Å². The Kier molecular flexibility index (Phi) is 6.96. The molecule has 206 valence electrons. The molecule has 0 aliphatic carbocycles. The monoisotopic (exact) mass is 532 g/mol. The van der Waals surface area contributed by atoms with E-state index in [2.05, 4.69) is 23.4 Å². The summed E-state index contributed by atoms with van der Waals surface area (Å²) in [6, 6.07) is 9.63. The lowest BCUT2D eigenvalue weighted by Gasteiger charge is -2.33. The first-order valence-electron chi connectivity index (χ1n) is 13.4. The fourth-order valence-corrected chi connectivity index (χ4v) is 5.32. The molecule has 1 aromatic carbocycles. The zero-order valence-electron chi connectivity index (χ0n) is 23.4. The van der Waals surface area contributed by atoms with E-state index < -0.39 is 11.6 Å². The summed E-state index contributed by atoms with van der Waals surface area (Å²) < 4.78 is 15.3. The molecule has 0 bridgehead atoms. The first-order chi connectivity index (χ1) is 18.6. The molecular weight excluding hydrogens is 496 g/mol. The number of imidazole rings is 1. The van der Waals surface area contributed by atoms with Crippen LogP contribution in [0.1, 0.15) is 56.6 Å². The quantitative estimate of drug-likeness (QED) is 0.403. The number of hydrogen-bond acceptors (Lipinski definition) is 6. The third-order valence-electron chi connectivity index (χ3n) is 7.03. The first kappa shape index (κ1) is 26.5. The highest BCUT2D eigenvalue weighted by Crippen LogP contribution is 2.34. The number of methoxy groups -OCH3 is 1. The van der Waals surface area contributed by atoms with Crippen LogP contribution < -0.4 is 10.1 Å². The molecule has 1 aliphatic rings. The Balaban J connectivity index is 1.46. The summed E-state index contributed by atoms with van der Waals surface area (Å²) in [5, 5.41) is 7.33. The van der Waals surface area contributed by atoms with Crippen LogP contribution in [-0.4, -0.2) is 67.9 Å². The molecule has 10 heteroatoms. The highest BCUT2D eigenvalue weighted by Gasteiger charge is 2.29. The highest BCUT2D eigenvalue weighted by molar-refractivity contribution is 6.00. The van der Waals surface area contributed by atoms with E-state index in [9.17, 15) is 9.59 Å². The van der Waals surface area contributed by atoms with Gasteiger partial charge in [0, 0.05) is 36.5 Å². The van der Waals surface area contributed by atoms with Crippen molar-refractivity contribution in [3.05, 3.63) is 47.8 Å². The Hall–Kier alpha value is -4.08. The number of fused-ring (bicyclic) bond motifs is 2. The summed E-state index contributed by atoms with van der Waals surface area (Å²) in [7, 11) is 3.56. The van der Waals surface area contributed by atoms with Crippen LogP contribution in [0.3, 0.4) is 0 Å². The summed E-state index contributed by atoms with van der Waals surface area (Å²) in [4.78, 5) is 32.6. The SMILES string of the molecule is CCc1c(-c2nc3cc(C(=O)N4CCCC(OC(=O)NC(C)(C)C)C4)cc(OC)c3n2C)cc2cccnn12. The van der Waals surface area contributed by atoms with Crippen molar-refractivity contribution in [1.82, 2.24) is 29.4 Å². The smallest absolute Gasteiger partial charge is 0.407 e. The molecule has 5 rings (SSSR count). The van der Waals surface area contributed by atoms with Crippen LogP contribution >= 0.6 is 0 Å². The maximum Gasteiger partial charge on any atom is 0.407 e. The van der Waals surface area contributed by atoms with Crippen molar-refractivity contribution in [3.63, 3.8) is 0 Å². The Morgan fingerprint density at radius 2 is 2.00 bits per heavy atom. The highest BCUT2D eigenvalue weighted by atomic mass is 16.6. The molecule has 1 N–H and O–H groups in total. The Labute approximate surface area is 227 Å². The van der Waals surface area contributed by atoms with Gasteiger partial charge >= 0.3 is 6.09 Å². The number of nitrogens with zero attached hydrogens (tertiary/aromatic N) is 5. The van der Waals surface area contributed by atoms with Gasteiger partial charge < -0.3 is 24.3 Å². The van der Waals surface area contributed by atoms with E-state index in [-0.39, 0.29) is 12.0 Å². The van der Waals surface area contributed by atoms with Crippen LogP contribution in [0.15, 0.2) is 36.5 Å². The molecule has 1 fully saturated rings. The van der Waals surface area contributed by atoms with Gasteiger partial charge in [-0.3, -0.25) is 4.79 Å². The van der Waals surface area contributed by atoms with Gasteiger partial charge in [-0.2, -0.15) is 5.10 Å². The second-order valence-corrected chi connectivity index (χ2v) is 11.1. The molecule has 2 amide bonds. The van der Waals surface area contributed by atoms with Gasteiger partial charge in [0.15, 0.2) is 0 Å². The fourth-order valence-electron chi connectivity index (χ4n) is 5.32. The summed E-state index contributed by atoms with van der Waals surface area (Å²) in [6.07, 6.45) is 3.21. The van der Waals surface area contributed by atoms with Gasteiger partial charge in [-0.25, -0.2) is 14.3 Å². The van der Waals surface area contributed by atoms with Crippen LogP contribution in [0.25, 0.3) is 27.9 Å². The molecule has 0 spiro atoms. The van der Waals surface area contributed by atoms with Crippen LogP contribution in [0.2, 0.25) is 0 Å². The summed E-state index contributed by atoms with van der Waals surface area (Å²) in [6.45, 7) is 8.73. The molecule has 0 saturated carbocycles.